The van der Waals surface area contributed by atoms with E-state index in [1.54, 1.807) is 0 Å². The van der Waals surface area contributed by atoms with Crippen LogP contribution in [0.15, 0.2) is 0 Å². The molecule has 0 saturated carbocycles. The predicted molar refractivity (Wildman–Crippen MR) is 56.6 cm³/mol. The minimum absolute atomic E-state index is 0. The van der Waals surface area contributed by atoms with Crippen molar-refractivity contribution in [1.82, 2.24) is 0 Å². The third-order valence-corrected chi connectivity index (χ3v) is 1.99. The summed E-state index contributed by atoms with van der Waals surface area (Å²) in [6, 6.07) is 0.510. The van der Waals surface area contributed by atoms with Gasteiger partial charge in [-0.3, -0.25) is 0 Å². The van der Waals surface area contributed by atoms with Crippen molar-refractivity contribution in [3.63, 3.8) is 0 Å². The summed E-state index contributed by atoms with van der Waals surface area (Å²) in [4.78, 5) is 0. The zero-order valence-corrected chi connectivity index (χ0v) is 14.0. The van der Waals surface area contributed by atoms with Crippen LogP contribution in [-0.4, -0.2) is 12.6 Å². The minimum Gasteiger partial charge on any atom is -0.660 e. The SMILES string of the molecule is CC(C)CC(C)CC[N-]C(C)C.[U]. The molecule has 2 heteroatoms. The van der Waals surface area contributed by atoms with Crippen molar-refractivity contribution in [3.8, 4) is 0 Å². The summed E-state index contributed by atoms with van der Waals surface area (Å²) in [5.74, 6) is 1.67. The second-order valence-electron chi connectivity index (χ2n) is 4.52. The molecule has 0 aliphatic carbocycles. The topological polar surface area (TPSA) is 14.1 Å². The largest absolute Gasteiger partial charge is 0.660 e. The van der Waals surface area contributed by atoms with Crippen LogP contribution in [0.4, 0.5) is 0 Å². The molecule has 0 aliphatic rings. The molecule has 0 amide bonds. The van der Waals surface area contributed by atoms with Crippen LogP contribution < -0.4 is 0 Å². The van der Waals surface area contributed by atoms with E-state index in [1.165, 1.54) is 12.8 Å². The fourth-order valence-corrected chi connectivity index (χ4v) is 1.48. The van der Waals surface area contributed by atoms with Crippen LogP contribution in [0.2, 0.25) is 0 Å². The molecule has 0 aromatic rings. The van der Waals surface area contributed by atoms with Crippen molar-refractivity contribution in [2.45, 2.75) is 53.5 Å². The Balaban J connectivity index is 0. The van der Waals surface area contributed by atoms with Crippen LogP contribution in [0.1, 0.15) is 47.5 Å². The van der Waals surface area contributed by atoms with Gasteiger partial charge in [-0.05, 0) is 18.3 Å². The molecule has 0 fully saturated rings. The van der Waals surface area contributed by atoms with Gasteiger partial charge in [-0.2, -0.15) is 0 Å². The monoisotopic (exact) mass is 408 g/mol. The third-order valence-electron chi connectivity index (χ3n) is 1.99. The average Bonchev–Trinajstić information content (AvgIpc) is 1.84. The summed E-state index contributed by atoms with van der Waals surface area (Å²) in [5, 5.41) is 4.47. The van der Waals surface area contributed by atoms with Crippen molar-refractivity contribution < 1.29 is 31.1 Å². The number of nitrogens with zero attached hydrogens (tertiary/aromatic N) is 1. The Hall–Kier alpha value is 1.01. The van der Waals surface area contributed by atoms with Gasteiger partial charge in [-0.15, -0.1) is 12.6 Å². The summed E-state index contributed by atoms with van der Waals surface area (Å²) in [5.41, 5.74) is 0. The van der Waals surface area contributed by atoms with Crippen LogP contribution in [0.5, 0.6) is 0 Å². The maximum Gasteiger partial charge on any atom is 0 e. The first kappa shape index (κ1) is 16.4. The zero-order chi connectivity index (χ0) is 9.56. The molecule has 0 rings (SSSR count). The number of hydrogen-bond donors (Lipinski definition) is 0. The molecule has 1 nitrogen and oxygen atoms in total. The van der Waals surface area contributed by atoms with E-state index in [-0.39, 0.29) is 31.1 Å². The molecule has 1 atom stereocenters. The molecule has 0 aliphatic heterocycles. The molecule has 78 valence electrons. The smallest absolute Gasteiger partial charge is 0 e. The van der Waals surface area contributed by atoms with E-state index < -0.39 is 0 Å². The summed E-state index contributed by atoms with van der Waals surface area (Å²) in [6.07, 6.45) is 2.60. The average molecular weight is 408 g/mol. The maximum atomic E-state index is 4.47. The standard InChI is InChI=1S/C11H24N.U/c1-9(2)8-11(5)6-7-12-10(3)4;/h9-11H,6-8H2,1-5H3;/q-1;. The van der Waals surface area contributed by atoms with Gasteiger partial charge in [0.1, 0.15) is 0 Å². The van der Waals surface area contributed by atoms with E-state index >= 15 is 0 Å². The van der Waals surface area contributed by atoms with E-state index in [2.05, 4.69) is 39.9 Å². The molecule has 0 spiro atoms. The minimum atomic E-state index is 0. The van der Waals surface area contributed by atoms with Crippen molar-refractivity contribution in [1.29, 1.82) is 0 Å². The number of rotatable bonds is 6. The molecular weight excluding hydrogens is 384 g/mol. The second kappa shape index (κ2) is 9.56. The van der Waals surface area contributed by atoms with Gasteiger partial charge >= 0.3 is 0 Å². The van der Waals surface area contributed by atoms with Gasteiger partial charge in [0.2, 0.25) is 0 Å². The first-order chi connectivity index (χ1) is 5.52. The van der Waals surface area contributed by atoms with Crippen molar-refractivity contribution in [3.05, 3.63) is 5.32 Å². The van der Waals surface area contributed by atoms with Crippen molar-refractivity contribution in [2.24, 2.45) is 11.8 Å². The Bertz CT molecular complexity index is 102. The van der Waals surface area contributed by atoms with Crippen molar-refractivity contribution >= 4 is 0 Å². The molecule has 0 saturated heterocycles. The van der Waals surface area contributed by atoms with Crippen LogP contribution in [-0.2, 0) is 0 Å². The van der Waals surface area contributed by atoms with Gasteiger partial charge in [0.25, 0.3) is 0 Å². The Morgan fingerprint density at radius 2 is 1.54 bits per heavy atom. The quantitative estimate of drug-likeness (QED) is 0.634. The molecule has 0 bridgehead atoms. The van der Waals surface area contributed by atoms with Crippen LogP contribution in [0.3, 0.4) is 0 Å². The van der Waals surface area contributed by atoms with Gasteiger partial charge in [-0.25, -0.2) is 0 Å². The van der Waals surface area contributed by atoms with Crippen LogP contribution in [0, 0.1) is 42.9 Å². The zero-order valence-electron chi connectivity index (χ0n) is 9.80. The molecule has 0 aromatic carbocycles. The first-order valence-electron chi connectivity index (χ1n) is 5.19. The van der Waals surface area contributed by atoms with Gasteiger partial charge in [0, 0.05) is 31.1 Å². The Kier molecular flexibility index (Phi) is 12.1. The Morgan fingerprint density at radius 1 is 1.00 bits per heavy atom. The van der Waals surface area contributed by atoms with Gasteiger partial charge in [0.15, 0.2) is 0 Å². The second-order valence-corrected chi connectivity index (χ2v) is 4.52. The number of hydrogen-bond acceptors (Lipinski definition) is 0. The van der Waals surface area contributed by atoms with Crippen molar-refractivity contribution in [2.75, 3.05) is 6.54 Å². The molecule has 1 unspecified atom stereocenters. The predicted octanol–water partition coefficient (Wildman–Crippen LogP) is 3.84. The molecule has 0 aromatic heterocycles. The van der Waals surface area contributed by atoms with Gasteiger partial charge in [0.05, 0.1) is 0 Å². The van der Waals surface area contributed by atoms with Crippen LogP contribution >= 0.6 is 0 Å². The van der Waals surface area contributed by atoms with Gasteiger partial charge < -0.3 is 5.32 Å². The normalized spacial score (nSPS) is 13.2. The van der Waals surface area contributed by atoms with E-state index in [4.69, 9.17) is 0 Å². The van der Waals surface area contributed by atoms with E-state index in [9.17, 15) is 0 Å². The molecule has 0 N–H and O–H groups in total. The molecule has 0 heterocycles. The summed E-state index contributed by atoms with van der Waals surface area (Å²) in [6.45, 7) is 12.2. The fraction of sp³-hybridized carbons (Fsp3) is 1.00. The Labute approximate surface area is 108 Å². The summed E-state index contributed by atoms with van der Waals surface area (Å²) < 4.78 is 0. The maximum absolute atomic E-state index is 4.47. The first-order valence-corrected chi connectivity index (χ1v) is 5.19. The fourth-order valence-electron chi connectivity index (χ4n) is 1.48. The summed E-state index contributed by atoms with van der Waals surface area (Å²) in [7, 11) is 0. The molecule has 13 heavy (non-hydrogen) atoms. The van der Waals surface area contributed by atoms with E-state index in [0.717, 1.165) is 18.4 Å². The summed E-state index contributed by atoms with van der Waals surface area (Å²) >= 11 is 0. The Morgan fingerprint density at radius 3 is 1.92 bits per heavy atom. The molecular formula is C11H24NU-. The van der Waals surface area contributed by atoms with Gasteiger partial charge in [-0.1, -0.05) is 41.0 Å². The third kappa shape index (κ3) is 13.0. The van der Waals surface area contributed by atoms with E-state index in [0.29, 0.717) is 6.04 Å². The molecule has 0 radical (unpaired) electrons. The van der Waals surface area contributed by atoms with Crippen LogP contribution in [0.25, 0.3) is 5.32 Å². The van der Waals surface area contributed by atoms with E-state index in [1.807, 2.05) is 0 Å².